The Labute approximate surface area is 198 Å². The summed E-state index contributed by atoms with van der Waals surface area (Å²) in [4.78, 5) is 13.0. The Morgan fingerprint density at radius 2 is 1.21 bits per heavy atom. The topological polar surface area (TPSA) is 100 Å². The van der Waals surface area contributed by atoms with Crippen molar-refractivity contribution in [1.82, 2.24) is 0 Å². The number of allylic oxidation sites excluding steroid dienone is 1. The van der Waals surface area contributed by atoms with E-state index in [0.717, 1.165) is 0 Å². The van der Waals surface area contributed by atoms with E-state index in [1.165, 1.54) is 46.6 Å². The van der Waals surface area contributed by atoms with Gasteiger partial charge < -0.3 is 42.6 Å². The SMILES string of the molecule is COCOc1cc(/C=C/C(=O)c2cc(OCOC)c(OCOC)c(OCOC)c2)cc(OC)c1. The van der Waals surface area contributed by atoms with Crippen LogP contribution in [0.5, 0.6) is 28.7 Å². The zero-order valence-electron chi connectivity index (χ0n) is 20.0. The largest absolute Gasteiger partial charge is 0.497 e. The van der Waals surface area contributed by atoms with Crippen LogP contribution in [-0.4, -0.2) is 68.5 Å². The normalized spacial score (nSPS) is 10.9. The fourth-order valence-electron chi connectivity index (χ4n) is 2.72. The first-order valence-electron chi connectivity index (χ1n) is 10.1. The molecule has 10 heteroatoms. The van der Waals surface area contributed by atoms with Gasteiger partial charge in [-0.3, -0.25) is 4.79 Å². The molecule has 2 rings (SSSR count). The van der Waals surface area contributed by atoms with Gasteiger partial charge in [0.05, 0.1) is 7.11 Å². The van der Waals surface area contributed by atoms with Crippen LogP contribution in [0.15, 0.2) is 36.4 Å². The maximum Gasteiger partial charge on any atom is 0.206 e. The van der Waals surface area contributed by atoms with Gasteiger partial charge >= 0.3 is 0 Å². The molecule has 0 amide bonds. The molecule has 0 aliphatic carbocycles. The molecule has 2 aromatic carbocycles. The summed E-state index contributed by atoms with van der Waals surface area (Å²) in [6.45, 7) is -0.0896. The van der Waals surface area contributed by atoms with Gasteiger partial charge in [-0.05, 0) is 35.9 Å². The smallest absolute Gasteiger partial charge is 0.206 e. The average molecular weight is 478 g/mol. The molecule has 186 valence electrons. The quantitative estimate of drug-likeness (QED) is 0.202. The number of methoxy groups -OCH3 is 5. The summed E-state index contributed by atoms with van der Waals surface area (Å²) in [6, 6.07) is 8.32. The van der Waals surface area contributed by atoms with E-state index in [2.05, 4.69) is 0 Å². The first-order chi connectivity index (χ1) is 16.6. The Kier molecular flexibility index (Phi) is 11.7. The molecular weight excluding hydrogens is 448 g/mol. The lowest BCUT2D eigenvalue weighted by Crippen LogP contribution is -2.09. The van der Waals surface area contributed by atoms with Crippen molar-refractivity contribution in [3.05, 3.63) is 47.5 Å². The van der Waals surface area contributed by atoms with Gasteiger partial charge in [-0.1, -0.05) is 6.08 Å². The molecule has 10 nitrogen and oxygen atoms in total. The number of benzene rings is 2. The molecule has 0 fully saturated rings. The molecule has 0 saturated carbocycles. The lowest BCUT2D eigenvalue weighted by molar-refractivity contribution is 0.0217. The molecule has 34 heavy (non-hydrogen) atoms. The second-order valence-corrected chi connectivity index (χ2v) is 6.64. The van der Waals surface area contributed by atoms with E-state index in [9.17, 15) is 4.79 Å². The van der Waals surface area contributed by atoms with Crippen molar-refractivity contribution in [2.45, 2.75) is 0 Å². The fourth-order valence-corrected chi connectivity index (χ4v) is 2.72. The number of carbonyl (C=O) groups excluding carboxylic acids is 1. The van der Waals surface area contributed by atoms with Crippen molar-refractivity contribution in [1.29, 1.82) is 0 Å². The number of carbonyl (C=O) groups is 1. The van der Waals surface area contributed by atoms with Gasteiger partial charge in [-0.2, -0.15) is 0 Å². The Hall–Kier alpha value is -3.31. The predicted octanol–water partition coefficient (Wildman–Crippen LogP) is 3.52. The van der Waals surface area contributed by atoms with Crippen LogP contribution in [0.25, 0.3) is 6.08 Å². The van der Waals surface area contributed by atoms with Crippen LogP contribution in [0, 0.1) is 0 Å². The molecule has 0 saturated heterocycles. The van der Waals surface area contributed by atoms with Gasteiger partial charge in [0.1, 0.15) is 11.5 Å². The van der Waals surface area contributed by atoms with E-state index >= 15 is 0 Å². The highest BCUT2D eigenvalue weighted by Crippen LogP contribution is 2.39. The third kappa shape index (κ3) is 8.23. The molecule has 0 heterocycles. The predicted molar refractivity (Wildman–Crippen MR) is 123 cm³/mol. The zero-order valence-corrected chi connectivity index (χ0v) is 20.0. The van der Waals surface area contributed by atoms with Gasteiger partial charge in [0.15, 0.2) is 44.5 Å². The Balaban J connectivity index is 2.37. The maximum absolute atomic E-state index is 13.0. The minimum absolute atomic E-state index is 0.0524. The summed E-state index contributed by atoms with van der Waals surface area (Å²) in [5.74, 6) is 1.57. The molecule has 0 radical (unpaired) electrons. The van der Waals surface area contributed by atoms with Crippen molar-refractivity contribution in [2.24, 2.45) is 0 Å². The van der Waals surface area contributed by atoms with Gasteiger partial charge in [-0.25, -0.2) is 0 Å². The van der Waals surface area contributed by atoms with E-state index < -0.39 is 0 Å². The first kappa shape index (κ1) is 26.9. The summed E-state index contributed by atoms with van der Waals surface area (Å²) in [7, 11) is 7.52. The number of hydrogen-bond acceptors (Lipinski definition) is 10. The van der Waals surface area contributed by atoms with Crippen LogP contribution in [0.3, 0.4) is 0 Å². The number of ether oxygens (including phenoxy) is 9. The van der Waals surface area contributed by atoms with E-state index in [1.54, 1.807) is 31.4 Å². The van der Waals surface area contributed by atoms with Crippen LogP contribution < -0.4 is 23.7 Å². The number of hydrogen-bond donors (Lipinski definition) is 0. The summed E-state index contributed by atoms with van der Waals surface area (Å²) >= 11 is 0. The fraction of sp³-hybridized carbons (Fsp3) is 0.375. The minimum atomic E-state index is -0.301. The monoisotopic (exact) mass is 478 g/mol. The Morgan fingerprint density at radius 1 is 0.676 bits per heavy atom. The van der Waals surface area contributed by atoms with E-state index in [0.29, 0.717) is 22.6 Å². The van der Waals surface area contributed by atoms with Gasteiger partial charge in [0, 0.05) is 40.1 Å². The maximum atomic E-state index is 13.0. The molecule has 0 atom stereocenters. The average Bonchev–Trinajstić information content (AvgIpc) is 2.86. The highest BCUT2D eigenvalue weighted by Gasteiger charge is 2.18. The van der Waals surface area contributed by atoms with Crippen LogP contribution in [-0.2, 0) is 18.9 Å². The van der Waals surface area contributed by atoms with E-state index in [4.69, 9.17) is 42.6 Å². The molecule has 0 spiro atoms. The molecule has 0 unspecified atom stereocenters. The minimum Gasteiger partial charge on any atom is -0.497 e. The van der Waals surface area contributed by atoms with Crippen LogP contribution >= 0.6 is 0 Å². The molecule has 0 aliphatic heterocycles. The summed E-state index contributed by atoms with van der Waals surface area (Å²) in [5, 5.41) is 0. The molecule has 0 aromatic heterocycles. The highest BCUT2D eigenvalue weighted by atomic mass is 16.7. The third-order valence-corrected chi connectivity index (χ3v) is 4.20. The lowest BCUT2D eigenvalue weighted by Gasteiger charge is -2.17. The van der Waals surface area contributed by atoms with Crippen molar-refractivity contribution in [2.75, 3.05) is 62.7 Å². The summed E-state index contributed by atoms with van der Waals surface area (Å²) in [6.07, 6.45) is 3.06. The van der Waals surface area contributed by atoms with Crippen molar-refractivity contribution in [3.63, 3.8) is 0 Å². The Morgan fingerprint density at radius 3 is 1.76 bits per heavy atom. The molecule has 0 bridgehead atoms. The van der Waals surface area contributed by atoms with Crippen LogP contribution in [0.4, 0.5) is 0 Å². The second kappa shape index (κ2) is 14.8. The Bertz CT molecular complexity index is 912. The van der Waals surface area contributed by atoms with E-state index in [1.807, 2.05) is 0 Å². The molecule has 0 N–H and O–H groups in total. The number of rotatable bonds is 16. The number of ketones is 1. The molecule has 2 aromatic rings. The van der Waals surface area contributed by atoms with Crippen molar-refractivity contribution < 1.29 is 47.4 Å². The summed E-state index contributed by atoms with van der Waals surface area (Å²) in [5.41, 5.74) is 1.00. The first-order valence-corrected chi connectivity index (χ1v) is 10.1. The second-order valence-electron chi connectivity index (χ2n) is 6.64. The van der Waals surface area contributed by atoms with Gasteiger partial charge in [-0.15, -0.1) is 0 Å². The van der Waals surface area contributed by atoms with Gasteiger partial charge in [0.2, 0.25) is 5.75 Å². The molecular formula is C24H30O10. The van der Waals surface area contributed by atoms with Crippen molar-refractivity contribution >= 4 is 11.9 Å². The lowest BCUT2D eigenvalue weighted by atomic mass is 10.1. The van der Waals surface area contributed by atoms with Crippen LogP contribution in [0.2, 0.25) is 0 Å². The van der Waals surface area contributed by atoms with Crippen molar-refractivity contribution in [3.8, 4) is 28.7 Å². The molecule has 0 aliphatic rings. The standard InChI is InChI=1S/C24H30O10/c1-26-13-31-20-9-17(8-19(12-20)30-5)6-7-21(25)18-10-22(32-14-27-2)24(34-16-29-4)23(11-18)33-15-28-3/h6-12H,13-16H2,1-5H3/b7-6+. The van der Waals surface area contributed by atoms with E-state index in [-0.39, 0.29) is 50.2 Å². The zero-order chi connectivity index (χ0) is 24.8. The van der Waals surface area contributed by atoms with Crippen LogP contribution in [0.1, 0.15) is 15.9 Å². The summed E-state index contributed by atoms with van der Waals surface area (Å²) < 4.78 is 47.5. The highest BCUT2D eigenvalue weighted by molar-refractivity contribution is 6.07. The van der Waals surface area contributed by atoms with Gasteiger partial charge in [0.25, 0.3) is 0 Å². The third-order valence-electron chi connectivity index (χ3n) is 4.20.